The van der Waals surface area contributed by atoms with Gasteiger partial charge in [0.1, 0.15) is 18.0 Å². The number of hydrogen-bond acceptors (Lipinski definition) is 6. The SMILES string of the molecule is CNc1ncnc(N2CCS(=O)(=O)CC2C)c1C(C)C. The van der Waals surface area contributed by atoms with Gasteiger partial charge in [0.2, 0.25) is 0 Å². The molecule has 0 aliphatic carbocycles. The first-order valence-corrected chi connectivity index (χ1v) is 8.67. The van der Waals surface area contributed by atoms with Crippen molar-refractivity contribution in [2.45, 2.75) is 32.7 Å². The van der Waals surface area contributed by atoms with Gasteiger partial charge >= 0.3 is 0 Å². The zero-order chi connectivity index (χ0) is 14.9. The molecule has 6 nitrogen and oxygen atoms in total. The van der Waals surface area contributed by atoms with Crippen molar-refractivity contribution in [3.63, 3.8) is 0 Å². The largest absolute Gasteiger partial charge is 0.373 e. The second-order valence-corrected chi connectivity index (χ2v) is 7.75. The van der Waals surface area contributed by atoms with Crippen LogP contribution in [0.5, 0.6) is 0 Å². The second-order valence-electron chi connectivity index (χ2n) is 5.52. The Bertz CT molecular complexity index is 586. The molecule has 2 rings (SSSR count). The van der Waals surface area contributed by atoms with Crippen LogP contribution in [0.3, 0.4) is 0 Å². The molecular weight excluding hydrogens is 276 g/mol. The van der Waals surface area contributed by atoms with E-state index < -0.39 is 9.84 Å². The quantitative estimate of drug-likeness (QED) is 0.905. The molecule has 0 spiro atoms. The Morgan fingerprint density at radius 2 is 2.10 bits per heavy atom. The van der Waals surface area contributed by atoms with E-state index in [0.717, 1.165) is 17.2 Å². The number of nitrogens with zero attached hydrogens (tertiary/aromatic N) is 3. The molecule has 0 radical (unpaired) electrons. The van der Waals surface area contributed by atoms with E-state index in [4.69, 9.17) is 0 Å². The van der Waals surface area contributed by atoms with E-state index in [2.05, 4.69) is 34.0 Å². The summed E-state index contributed by atoms with van der Waals surface area (Å²) in [5.74, 6) is 2.30. The van der Waals surface area contributed by atoms with Crippen LogP contribution < -0.4 is 10.2 Å². The van der Waals surface area contributed by atoms with Crippen molar-refractivity contribution in [3.05, 3.63) is 11.9 Å². The summed E-state index contributed by atoms with van der Waals surface area (Å²) in [5, 5.41) is 3.09. The van der Waals surface area contributed by atoms with Crippen LogP contribution in [0, 0.1) is 0 Å². The fraction of sp³-hybridized carbons (Fsp3) is 0.692. The zero-order valence-electron chi connectivity index (χ0n) is 12.4. The summed E-state index contributed by atoms with van der Waals surface area (Å²) in [6.07, 6.45) is 1.53. The van der Waals surface area contributed by atoms with E-state index >= 15 is 0 Å². The summed E-state index contributed by atoms with van der Waals surface area (Å²) in [5.41, 5.74) is 1.04. The maximum absolute atomic E-state index is 11.7. The molecule has 0 saturated carbocycles. The van der Waals surface area contributed by atoms with E-state index in [-0.39, 0.29) is 23.5 Å². The number of aromatic nitrogens is 2. The smallest absolute Gasteiger partial charge is 0.154 e. The van der Waals surface area contributed by atoms with E-state index in [9.17, 15) is 8.42 Å². The third-order valence-electron chi connectivity index (χ3n) is 3.62. The van der Waals surface area contributed by atoms with Gasteiger partial charge in [0.15, 0.2) is 9.84 Å². The highest BCUT2D eigenvalue weighted by atomic mass is 32.2. The maximum atomic E-state index is 11.7. The highest BCUT2D eigenvalue weighted by Crippen LogP contribution is 2.32. The lowest BCUT2D eigenvalue weighted by atomic mass is 10.0. The van der Waals surface area contributed by atoms with Gasteiger partial charge in [-0.15, -0.1) is 0 Å². The average molecular weight is 298 g/mol. The molecule has 1 saturated heterocycles. The fourth-order valence-electron chi connectivity index (χ4n) is 2.66. The Balaban J connectivity index is 2.43. The van der Waals surface area contributed by atoms with Gasteiger partial charge in [-0.25, -0.2) is 18.4 Å². The third-order valence-corrected chi connectivity index (χ3v) is 5.41. The predicted octanol–water partition coefficient (Wildman–Crippen LogP) is 1.26. The Hall–Kier alpha value is -1.37. The second kappa shape index (κ2) is 5.55. The molecule has 0 aromatic carbocycles. The van der Waals surface area contributed by atoms with Crippen LogP contribution in [-0.2, 0) is 9.84 Å². The van der Waals surface area contributed by atoms with Gasteiger partial charge in [-0.1, -0.05) is 13.8 Å². The Kier molecular flexibility index (Phi) is 4.17. The maximum Gasteiger partial charge on any atom is 0.154 e. The highest BCUT2D eigenvalue weighted by molar-refractivity contribution is 7.91. The van der Waals surface area contributed by atoms with Crippen molar-refractivity contribution in [3.8, 4) is 0 Å². The topological polar surface area (TPSA) is 75.2 Å². The molecule has 1 aliphatic rings. The zero-order valence-corrected chi connectivity index (χ0v) is 13.2. The highest BCUT2D eigenvalue weighted by Gasteiger charge is 2.31. The first-order valence-electron chi connectivity index (χ1n) is 6.85. The van der Waals surface area contributed by atoms with E-state index in [1.807, 2.05) is 14.0 Å². The van der Waals surface area contributed by atoms with E-state index in [1.165, 1.54) is 6.33 Å². The first-order chi connectivity index (χ1) is 9.35. The Morgan fingerprint density at radius 1 is 1.40 bits per heavy atom. The first kappa shape index (κ1) is 15.0. The van der Waals surface area contributed by atoms with Gasteiger partial charge in [-0.2, -0.15) is 0 Å². The van der Waals surface area contributed by atoms with Crippen molar-refractivity contribution < 1.29 is 8.42 Å². The van der Waals surface area contributed by atoms with Gasteiger partial charge in [-0.05, 0) is 12.8 Å². The molecule has 1 unspecified atom stereocenters. The van der Waals surface area contributed by atoms with Crippen LogP contribution in [0.1, 0.15) is 32.3 Å². The molecule has 0 amide bonds. The van der Waals surface area contributed by atoms with Gasteiger partial charge in [0.05, 0.1) is 11.5 Å². The number of hydrogen-bond donors (Lipinski definition) is 1. The lowest BCUT2D eigenvalue weighted by Gasteiger charge is -2.36. The van der Waals surface area contributed by atoms with E-state index in [0.29, 0.717) is 6.54 Å². The average Bonchev–Trinajstić information content (AvgIpc) is 2.36. The number of rotatable bonds is 3. The van der Waals surface area contributed by atoms with Crippen LogP contribution in [0.25, 0.3) is 0 Å². The molecule has 1 aliphatic heterocycles. The van der Waals surface area contributed by atoms with Crippen molar-refractivity contribution in [1.82, 2.24) is 9.97 Å². The molecule has 1 fully saturated rings. The number of nitrogens with one attached hydrogen (secondary N) is 1. The molecule has 1 aromatic rings. The minimum Gasteiger partial charge on any atom is -0.373 e. The Morgan fingerprint density at radius 3 is 2.65 bits per heavy atom. The lowest BCUT2D eigenvalue weighted by molar-refractivity contribution is 0.565. The molecule has 1 atom stereocenters. The van der Waals surface area contributed by atoms with Gasteiger partial charge in [-0.3, -0.25) is 0 Å². The lowest BCUT2D eigenvalue weighted by Crippen LogP contribution is -2.47. The van der Waals surface area contributed by atoms with Gasteiger partial charge in [0, 0.05) is 25.2 Å². The summed E-state index contributed by atoms with van der Waals surface area (Å²) in [7, 11) is -1.09. The molecule has 1 N–H and O–H groups in total. The normalized spacial score (nSPS) is 22.1. The van der Waals surface area contributed by atoms with Gasteiger partial charge in [0.25, 0.3) is 0 Å². The van der Waals surface area contributed by atoms with Gasteiger partial charge < -0.3 is 10.2 Å². The fourth-order valence-corrected chi connectivity index (χ4v) is 4.22. The molecule has 7 heteroatoms. The standard InChI is InChI=1S/C13H22N4O2S/c1-9(2)11-12(14-4)15-8-16-13(11)17-5-6-20(18,19)7-10(17)3/h8-10H,5-7H2,1-4H3,(H,14,15,16). The van der Waals surface area contributed by atoms with Crippen molar-refractivity contribution >= 4 is 21.5 Å². The monoisotopic (exact) mass is 298 g/mol. The van der Waals surface area contributed by atoms with Crippen LogP contribution >= 0.6 is 0 Å². The summed E-state index contributed by atoms with van der Waals surface area (Å²) in [6, 6.07) is -0.0640. The third kappa shape index (κ3) is 2.87. The van der Waals surface area contributed by atoms with Crippen LogP contribution in [0.4, 0.5) is 11.6 Å². The van der Waals surface area contributed by atoms with Crippen LogP contribution in [-0.4, -0.2) is 49.5 Å². The van der Waals surface area contributed by atoms with Crippen LogP contribution in [0.2, 0.25) is 0 Å². The summed E-state index contributed by atoms with van der Waals surface area (Å²) < 4.78 is 23.4. The summed E-state index contributed by atoms with van der Waals surface area (Å²) in [4.78, 5) is 10.8. The van der Waals surface area contributed by atoms with E-state index in [1.54, 1.807) is 0 Å². The van der Waals surface area contributed by atoms with Crippen molar-refractivity contribution in [2.24, 2.45) is 0 Å². The Labute approximate surface area is 120 Å². The number of sulfone groups is 1. The van der Waals surface area contributed by atoms with Crippen molar-refractivity contribution in [1.29, 1.82) is 0 Å². The molecule has 0 bridgehead atoms. The number of anilines is 2. The minimum absolute atomic E-state index is 0.0640. The molecule has 20 heavy (non-hydrogen) atoms. The van der Waals surface area contributed by atoms with Crippen LogP contribution in [0.15, 0.2) is 6.33 Å². The minimum atomic E-state index is -2.92. The predicted molar refractivity (Wildman–Crippen MR) is 81.1 cm³/mol. The summed E-state index contributed by atoms with van der Waals surface area (Å²) >= 11 is 0. The van der Waals surface area contributed by atoms with Crippen molar-refractivity contribution in [2.75, 3.05) is 35.3 Å². The molecule has 1 aromatic heterocycles. The molecular formula is C13H22N4O2S. The molecule has 112 valence electrons. The molecule has 2 heterocycles. The summed E-state index contributed by atoms with van der Waals surface area (Å²) in [6.45, 7) is 6.61.